The molecule has 1 aliphatic rings. The van der Waals surface area contributed by atoms with Gasteiger partial charge in [-0.3, -0.25) is 4.72 Å². The molecule has 0 atom stereocenters. The van der Waals surface area contributed by atoms with Crippen molar-refractivity contribution in [2.24, 2.45) is 0 Å². The summed E-state index contributed by atoms with van der Waals surface area (Å²) < 4.78 is 30.8. The van der Waals surface area contributed by atoms with E-state index in [1.54, 1.807) is 30.5 Å². The van der Waals surface area contributed by atoms with Gasteiger partial charge in [-0.25, -0.2) is 18.2 Å². The first-order valence-electron chi connectivity index (χ1n) is 9.26. The Bertz CT molecular complexity index is 945. The number of hydrogen-bond acceptors (Lipinski definition) is 6. The second kappa shape index (κ2) is 9.57. The molecule has 0 radical (unpaired) electrons. The van der Waals surface area contributed by atoms with Crippen molar-refractivity contribution in [3.63, 3.8) is 0 Å². The number of hydrogen-bond donors (Lipinski definition) is 3. The minimum atomic E-state index is -3.40. The molecule has 0 unspecified atom stereocenters. The molecule has 0 saturated carbocycles. The van der Waals surface area contributed by atoms with Gasteiger partial charge in [0.05, 0.1) is 25.2 Å². The largest absolute Gasteiger partial charge is 0.378 e. The summed E-state index contributed by atoms with van der Waals surface area (Å²) in [7, 11) is -3.40. The number of morpholine rings is 1. The minimum Gasteiger partial charge on any atom is -0.378 e. The number of urea groups is 1. The number of para-hydroxylation sites is 1. The van der Waals surface area contributed by atoms with Crippen LogP contribution in [0.1, 0.15) is 11.1 Å². The van der Waals surface area contributed by atoms with Gasteiger partial charge in [0.2, 0.25) is 10.0 Å². The van der Waals surface area contributed by atoms with Crippen molar-refractivity contribution in [3.8, 4) is 0 Å². The van der Waals surface area contributed by atoms with Gasteiger partial charge in [-0.2, -0.15) is 0 Å². The summed E-state index contributed by atoms with van der Waals surface area (Å²) in [6.45, 7) is 3.36. The maximum atomic E-state index is 12.3. The third kappa shape index (κ3) is 6.33. The molecule has 0 aliphatic carbocycles. The minimum absolute atomic E-state index is 0.188. The van der Waals surface area contributed by atoms with E-state index in [1.165, 1.54) is 0 Å². The van der Waals surface area contributed by atoms with E-state index >= 15 is 0 Å². The highest BCUT2D eigenvalue weighted by Gasteiger charge is 2.16. The Hall–Kier alpha value is -2.85. The monoisotopic (exact) mass is 419 g/mol. The van der Waals surface area contributed by atoms with E-state index < -0.39 is 10.0 Å². The molecule has 0 bridgehead atoms. The standard InChI is InChI=1S/C19H25N5O4S/c1-29(26,27)23-17-7-3-2-5-15(17)13-21-19(25)22-14-16-6-4-8-20-18(16)24-9-11-28-12-10-24/h2-8,23H,9-14H2,1H3,(H2,21,22,25). The second-order valence-electron chi connectivity index (χ2n) is 6.65. The molecule has 9 nitrogen and oxygen atoms in total. The number of nitrogens with one attached hydrogen (secondary N) is 3. The third-order valence-corrected chi connectivity index (χ3v) is 4.96. The Morgan fingerprint density at radius 2 is 1.72 bits per heavy atom. The highest BCUT2D eigenvalue weighted by molar-refractivity contribution is 7.92. The number of aromatic nitrogens is 1. The summed E-state index contributed by atoms with van der Waals surface area (Å²) in [6, 6.07) is 10.3. The smallest absolute Gasteiger partial charge is 0.315 e. The molecule has 29 heavy (non-hydrogen) atoms. The highest BCUT2D eigenvalue weighted by atomic mass is 32.2. The van der Waals surface area contributed by atoms with Crippen LogP contribution in [0.15, 0.2) is 42.6 Å². The van der Waals surface area contributed by atoms with Crippen molar-refractivity contribution in [3.05, 3.63) is 53.7 Å². The van der Waals surface area contributed by atoms with Crippen LogP contribution in [0, 0.1) is 0 Å². The first-order chi connectivity index (χ1) is 13.9. The molecular formula is C19H25N5O4S. The summed E-state index contributed by atoms with van der Waals surface area (Å²) in [4.78, 5) is 18.9. The van der Waals surface area contributed by atoms with E-state index in [4.69, 9.17) is 4.74 Å². The number of sulfonamides is 1. The fraction of sp³-hybridized carbons (Fsp3) is 0.368. The van der Waals surface area contributed by atoms with Crippen molar-refractivity contribution >= 4 is 27.6 Å². The SMILES string of the molecule is CS(=O)(=O)Nc1ccccc1CNC(=O)NCc1cccnc1N1CCOCC1. The van der Waals surface area contributed by atoms with Gasteiger partial charge in [-0.15, -0.1) is 0 Å². The van der Waals surface area contributed by atoms with Crippen molar-refractivity contribution in [2.75, 3.05) is 42.2 Å². The molecule has 1 aromatic heterocycles. The number of carbonyl (C=O) groups is 1. The fourth-order valence-corrected chi connectivity index (χ4v) is 3.61. The van der Waals surface area contributed by atoms with Crippen LogP contribution in [0.5, 0.6) is 0 Å². The summed E-state index contributed by atoms with van der Waals surface area (Å²) in [5, 5.41) is 5.59. The maximum absolute atomic E-state index is 12.3. The van der Waals surface area contributed by atoms with E-state index in [0.29, 0.717) is 31.0 Å². The summed E-state index contributed by atoms with van der Waals surface area (Å²) >= 11 is 0. The van der Waals surface area contributed by atoms with Crippen LogP contribution in [0.3, 0.4) is 0 Å². The van der Waals surface area contributed by atoms with Crippen molar-refractivity contribution in [2.45, 2.75) is 13.1 Å². The molecule has 1 aromatic carbocycles. The van der Waals surface area contributed by atoms with Crippen LogP contribution in [0.25, 0.3) is 0 Å². The summed E-state index contributed by atoms with van der Waals surface area (Å²) in [5.41, 5.74) is 2.03. The van der Waals surface area contributed by atoms with Crippen molar-refractivity contribution in [1.82, 2.24) is 15.6 Å². The molecule has 2 amide bonds. The normalized spacial score (nSPS) is 14.3. The second-order valence-corrected chi connectivity index (χ2v) is 8.40. The van der Waals surface area contributed by atoms with Gasteiger partial charge in [0, 0.05) is 37.9 Å². The highest BCUT2D eigenvalue weighted by Crippen LogP contribution is 2.18. The quantitative estimate of drug-likeness (QED) is 0.623. The Kier molecular flexibility index (Phi) is 6.89. The Balaban J connectivity index is 1.57. The number of rotatable bonds is 7. The molecule has 3 rings (SSSR count). The van der Waals surface area contributed by atoms with E-state index in [0.717, 1.165) is 30.7 Å². The number of carbonyl (C=O) groups excluding carboxylic acids is 1. The van der Waals surface area contributed by atoms with Gasteiger partial charge in [-0.05, 0) is 17.7 Å². The predicted molar refractivity (Wildman–Crippen MR) is 111 cm³/mol. The maximum Gasteiger partial charge on any atom is 0.315 e. The van der Waals surface area contributed by atoms with Crippen molar-refractivity contribution in [1.29, 1.82) is 0 Å². The van der Waals surface area contributed by atoms with E-state index in [-0.39, 0.29) is 12.6 Å². The van der Waals surface area contributed by atoms with Gasteiger partial charge in [0.1, 0.15) is 5.82 Å². The number of anilines is 2. The first-order valence-corrected chi connectivity index (χ1v) is 11.2. The number of ether oxygens (including phenoxy) is 1. The molecule has 10 heteroatoms. The lowest BCUT2D eigenvalue weighted by molar-refractivity contribution is 0.122. The average Bonchev–Trinajstić information content (AvgIpc) is 2.71. The Morgan fingerprint density at radius 1 is 1.07 bits per heavy atom. The number of amides is 2. The fourth-order valence-electron chi connectivity index (χ4n) is 3.02. The van der Waals surface area contributed by atoms with Crippen LogP contribution < -0.4 is 20.3 Å². The number of benzene rings is 1. The molecule has 1 aliphatic heterocycles. The van der Waals surface area contributed by atoms with E-state index in [2.05, 4.69) is 25.2 Å². The van der Waals surface area contributed by atoms with Gasteiger partial charge in [0.25, 0.3) is 0 Å². The lowest BCUT2D eigenvalue weighted by atomic mass is 10.2. The summed E-state index contributed by atoms with van der Waals surface area (Å²) in [5.74, 6) is 0.846. The van der Waals surface area contributed by atoms with E-state index in [1.807, 2.05) is 12.1 Å². The van der Waals surface area contributed by atoms with E-state index in [9.17, 15) is 13.2 Å². The van der Waals surface area contributed by atoms with Crippen LogP contribution in [-0.4, -0.2) is 52.0 Å². The van der Waals surface area contributed by atoms with Crippen LogP contribution in [0.2, 0.25) is 0 Å². The zero-order valence-electron chi connectivity index (χ0n) is 16.2. The van der Waals surface area contributed by atoms with Gasteiger partial charge in [0.15, 0.2) is 0 Å². The van der Waals surface area contributed by atoms with Crippen molar-refractivity contribution < 1.29 is 17.9 Å². The summed E-state index contributed by atoms with van der Waals surface area (Å²) in [6.07, 6.45) is 2.82. The lowest BCUT2D eigenvalue weighted by Crippen LogP contribution is -2.38. The molecule has 1 fully saturated rings. The topological polar surface area (TPSA) is 113 Å². The van der Waals surface area contributed by atoms with Crippen LogP contribution >= 0.6 is 0 Å². The van der Waals surface area contributed by atoms with Gasteiger partial charge >= 0.3 is 6.03 Å². The predicted octanol–water partition coefficient (Wildman–Crippen LogP) is 1.29. The molecule has 0 spiro atoms. The Labute approximate surface area is 170 Å². The van der Waals surface area contributed by atoms with Crippen LogP contribution in [-0.2, 0) is 27.8 Å². The average molecular weight is 420 g/mol. The molecule has 1 saturated heterocycles. The molecule has 2 aromatic rings. The van der Waals surface area contributed by atoms with Gasteiger partial charge in [-0.1, -0.05) is 24.3 Å². The molecular weight excluding hydrogens is 394 g/mol. The lowest BCUT2D eigenvalue weighted by Gasteiger charge is -2.29. The molecule has 3 N–H and O–H groups in total. The molecule has 156 valence electrons. The third-order valence-electron chi connectivity index (χ3n) is 4.37. The number of nitrogens with zero attached hydrogens (tertiary/aromatic N) is 2. The number of pyridine rings is 1. The zero-order chi connectivity index (χ0) is 20.7. The van der Waals surface area contributed by atoms with Gasteiger partial charge < -0.3 is 20.3 Å². The first kappa shape index (κ1) is 20.9. The van der Waals surface area contributed by atoms with Crippen LogP contribution in [0.4, 0.5) is 16.3 Å². The zero-order valence-corrected chi connectivity index (χ0v) is 17.0. The Morgan fingerprint density at radius 3 is 2.45 bits per heavy atom. The molecule has 2 heterocycles.